The number of nitriles is 1. The smallest absolute Gasteiger partial charge is 0.225 e. The lowest BCUT2D eigenvalue weighted by Gasteiger charge is -2.09. The van der Waals surface area contributed by atoms with Crippen LogP contribution in [0.5, 0.6) is 0 Å². The number of aromatic nitrogens is 1. The number of fused-ring (bicyclic) bond motifs is 1. The molecule has 0 bridgehead atoms. The molecule has 4 nitrogen and oxygen atoms in total. The van der Waals surface area contributed by atoms with E-state index in [9.17, 15) is 10.1 Å². The van der Waals surface area contributed by atoms with Gasteiger partial charge in [0.15, 0.2) is 0 Å². The maximum absolute atomic E-state index is 12.5. The molecule has 0 aliphatic rings. The molecule has 1 amide bonds. The summed E-state index contributed by atoms with van der Waals surface area (Å²) in [6.45, 7) is 0. The number of nitrogens with one attached hydrogen (secondary N) is 1. The molecule has 0 aliphatic carbocycles. The van der Waals surface area contributed by atoms with Crippen LogP contribution in [0.25, 0.3) is 22.0 Å². The van der Waals surface area contributed by atoms with Gasteiger partial charge in [0, 0.05) is 28.8 Å². The maximum Gasteiger partial charge on any atom is 0.225 e. The number of benzene rings is 3. The van der Waals surface area contributed by atoms with E-state index in [2.05, 4.69) is 16.4 Å². The number of thioether (sulfide) groups is 1. The minimum Gasteiger partial charge on any atom is -0.325 e. The molecule has 0 radical (unpaired) electrons. The first-order chi connectivity index (χ1) is 14.7. The molecule has 3 aromatic carbocycles. The third-order valence-corrected chi connectivity index (χ3v) is 5.67. The molecule has 146 valence electrons. The van der Waals surface area contributed by atoms with Gasteiger partial charge in [0.25, 0.3) is 0 Å². The van der Waals surface area contributed by atoms with Crippen LogP contribution in [0, 0.1) is 11.3 Å². The van der Waals surface area contributed by atoms with E-state index in [-0.39, 0.29) is 5.91 Å². The fourth-order valence-corrected chi connectivity index (χ4v) is 4.11. The van der Waals surface area contributed by atoms with Crippen molar-refractivity contribution in [2.45, 2.75) is 11.4 Å². The van der Waals surface area contributed by atoms with Gasteiger partial charge in [-0.25, -0.2) is 4.98 Å². The van der Waals surface area contributed by atoms with Crippen LogP contribution in [0.3, 0.4) is 0 Å². The molecule has 1 N–H and O–H groups in total. The first-order valence-corrected chi connectivity index (χ1v) is 10.6. The lowest BCUT2D eigenvalue weighted by Crippen LogP contribution is -2.12. The van der Waals surface area contributed by atoms with Crippen molar-refractivity contribution >= 4 is 34.1 Å². The van der Waals surface area contributed by atoms with Crippen LogP contribution in [0.2, 0.25) is 0 Å². The largest absolute Gasteiger partial charge is 0.325 e. The minimum absolute atomic E-state index is 0.0587. The average Bonchev–Trinajstić information content (AvgIpc) is 2.80. The summed E-state index contributed by atoms with van der Waals surface area (Å²) >= 11 is 1.43. The highest BCUT2D eigenvalue weighted by Gasteiger charge is 2.10. The highest BCUT2D eigenvalue weighted by molar-refractivity contribution is 7.99. The summed E-state index contributed by atoms with van der Waals surface area (Å²) in [5.41, 5.74) is 3.15. The van der Waals surface area contributed by atoms with Crippen molar-refractivity contribution in [1.29, 1.82) is 5.26 Å². The highest BCUT2D eigenvalue weighted by atomic mass is 32.2. The molecule has 0 fully saturated rings. The van der Waals surface area contributed by atoms with Gasteiger partial charge >= 0.3 is 0 Å². The molecule has 0 saturated heterocycles. The molecule has 1 heterocycles. The third kappa shape index (κ3) is 4.51. The lowest BCUT2D eigenvalue weighted by molar-refractivity contribution is -0.115. The molecule has 0 atom stereocenters. The molecule has 5 heteroatoms. The number of nitrogens with zero attached hydrogens (tertiary/aromatic N) is 2. The van der Waals surface area contributed by atoms with Gasteiger partial charge in [0.1, 0.15) is 11.1 Å². The van der Waals surface area contributed by atoms with Gasteiger partial charge in [0.05, 0.1) is 11.3 Å². The van der Waals surface area contributed by atoms with E-state index >= 15 is 0 Å². The average molecular weight is 410 g/mol. The predicted octanol–water partition coefficient (Wildman–Crippen LogP) is 5.89. The zero-order valence-corrected chi connectivity index (χ0v) is 17.0. The summed E-state index contributed by atoms with van der Waals surface area (Å²) in [6, 6.07) is 29.5. The number of amides is 1. The zero-order chi connectivity index (χ0) is 20.8. The van der Waals surface area contributed by atoms with Gasteiger partial charge in [-0.05, 0) is 23.6 Å². The molecular weight excluding hydrogens is 390 g/mol. The molecule has 0 spiro atoms. The van der Waals surface area contributed by atoms with Gasteiger partial charge in [0.2, 0.25) is 5.91 Å². The maximum atomic E-state index is 12.5. The van der Waals surface area contributed by atoms with E-state index in [1.807, 2.05) is 78.9 Å². The Balaban J connectivity index is 1.42. The number of rotatable bonds is 6. The van der Waals surface area contributed by atoms with Crippen LogP contribution in [0.15, 0.2) is 90.0 Å². The Kier molecular flexibility index (Phi) is 6.07. The summed E-state index contributed by atoms with van der Waals surface area (Å²) in [4.78, 5) is 17.1. The Morgan fingerprint density at radius 1 is 0.933 bits per heavy atom. The van der Waals surface area contributed by atoms with Crippen molar-refractivity contribution in [3.8, 4) is 17.3 Å². The fraction of sp³-hybridized carbons (Fsp3) is 0.0800. The molecular formula is C25H19N3OS. The van der Waals surface area contributed by atoms with Gasteiger partial charge < -0.3 is 5.32 Å². The lowest BCUT2D eigenvalue weighted by atomic mass is 10.1. The van der Waals surface area contributed by atoms with Crippen molar-refractivity contribution < 1.29 is 4.79 Å². The van der Waals surface area contributed by atoms with E-state index in [1.54, 1.807) is 6.07 Å². The molecule has 0 aliphatic heterocycles. The fourth-order valence-electron chi connectivity index (χ4n) is 3.19. The van der Waals surface area contributed by atoms with Crippen LogP contribution in [-0.2, 0) is 4.79 Å². The highest BCUT2D eigenvalue weighted by Crippen LogP contribution is 2.26. The van der Waals surface area contributed by atoms with E-state index in [1.165, 1.54) is 11.8 Å². The van der Waals surface area contributed by atoms with Crippen LogP contribution in [-0.4, -0.2) is 16.6 Å². The van der Waals surface area contributed by atoms with Gasteiger partial charge in [-0.1, -0.05) is 66.7 Å². The van der Waals surface area contributed by atoms with Gasteiger partial charge in [-0.15, -0.1) is 11.8 Å². The van der Waals surface area contributed by atoms with Crippen molar-refractivity contribution in [2.75, 3.05) is 11.1 Å². The summed E-state index contributed by atoms with van der Waals surface area (Å²) in [6.07, 6.45) is 0.329. The normalized spacial score (nSPS) is 10.5. The molecule has 30 heavy (non-hydrogen) atoms. The predicted molar refractivity (Wildman–Crippen MR) is 122 cm³/mol. The van der Waals surface area contributed by atoms with E-state index in [4.69, 9.17) is 0 Å². The Hall–Kier alpha value is -3.62. The molecule has 4 aromatic rings. The Bertz CT molecular complexity index is 1230. The SMILES string of the molecule is N#Cc1ccc(-c2ccccc2)nc1SCCC(=O)Nc1cccc2ccccc12. The quantitative estimate of drug-likeness (QED) is 0.403. The number of anilines is 1. The number of carbonyl (C=O) groups excluding carboxylic acids is 1. The Morgan fingerprint density at radius 3 is 2.53 bits per heavy atom. The van der Waals surface area contributed by atoms with Crippen LogP contribution >= 0.6 is 11.8 Å². The standard InChI is InChI=1S/C25H19N3OS/c26-17-20-13-14-22(19-8-2-1-3-9-19)28-25(20)30-16-15-24(29)27-23-12-6-10-18-7-4-5-11-21(18)23/h1-14H,15-16H2,(H,27,29). The zero-order valence-electron chi connectivity index (χ0n) is 16.2. The summed E-state index contributed by atoms with van der Waals surface area (Å²) in [7, 11) is 0. The minimum atomic E-state index is -0.0587. The summed E-state index contributed by atoms with van der Waals surface area (Å²) in [5, 5.41) is 15.2. The number of hydrogen-bond acceptors (Lipinski definition) is 4. The molecule has 1 aromatic heterocycles. The third-order valence-electron chi connectivity index (χ3n) is 4.68. The second-order valence-corrected chi connectivity index (χ2v) is 7.78. The number of pyridine rings is 1. The van der Waals surface area contributed by atoms with Crippen molar-refractivity contribution in [1.82, 2.24) is 4.98 Å². The number of carbonyl (C=O) groups is 1. The van der Waals surface area contributed by atoms with Gasteiger partial charge in [-0.3, -0.25) is 4.79 Å². The van der Waals surface area contributed by atoms with E-state index < -0.39 is 0 Å². The van der Waals surface area contributed by atoms with Crippen molar-refractivity contribution in [2.24, 2.45) is 0 Å². The first kappa shape index (κ1) is 19.7. The van der Waals surface area contributed by atoms with E-state index in [0.717, 1.165) is 27.7 Å². The van der Waals surface area contributed by atoms with Gasteiger partial charge in [-0.2, -0.15) is 5.26 Å². The second kappa shape index (κ2) is 9.25. The number of hydrogen-bond donors (Lipinski definition) is 1. The van der Waals surface area contributed by atoms with Crippen molar-refractivity contribution in [3.05, 3.63) is 90.5 Å². The first-order valence-electron chi connectivity index (χ1n) is 9.61. The Labute approximate surface area is 179 Å². The molecule has 0 unspecified atom stereocenters. The van der Waals surface area contributed by atoms with E-state index in [0.29, 0.717) is 22.8 Å². The van der Waals surface area contributed by atoms with Crippen molar-refractivity contribution in [3.63, 3.8) is 0 Å². The van der Waals surface area contributed by atoms with Crippen LogP contribution in [0.1, 0.15) is 12.0 Å². The Morgan fingerprint density at radius 2 is 1.70 bits per heavy atom. The monoisotopic (exact) mass is 409 g/mol. The topological polar surface area (TPSA) is 65.8 Å². The summed E-state index contributed by atoms with van der Waals surface area (Å²) < 4.78 is 0. The summed E-state index contributed by atoms with van der Waals surface area (Å²) in [5.74, 6) is 0.479. The van der Waals surface area contributed by atoms with Crippen LogP contribution < -0.4 is 5.32 Å². The molecule has 0 saturated carbocycles. The second-order valence-electron chi connectivity index (χ2n) is 6.70. The molecule has 4 rings (SSSR count). The van der Waals surface area contributed by atoms with Crippen LogP contribution in [0.4, 0.5) is 5.69 Å².